The van der Waals surface area contributed by atoms with Gasteiger partial charge in [-0.25, -0.2) is 0 Å². The summed E-state index contributed by atoms with van der Waals surface area (Å²) in [6, 6.07) is 7.50. The zero-order chi connectivity index (χ0) is 13.7. The summed E-state index contributed by atoms with van der Waals surface area (Å²) in [5.41, 5.74) is 3.93. The minimum atomic E-state index is 0.815. The molecule has 1 saturated carbocycles. The number of aryl methyl sites for hydroxylation is 2. The smallest absolute Gasteiger partial charge is 0.0345 e. The van der Waals surface area contributed by atoms with Crippen LogP contribution in [0.1, 0.15) is 43.2 Å². The standard InChI is InChI=1S/C17H28N2/c1-14-11-15(2)13-16(12-14)18-9-10-19(3)17-7-5-4-6-8-17/h11-13,17-18H,4-10H2,1-3H3. The van der Waals surface area contributed by atoms with Crippen molar-refractivity contribution in [2.24, 2.45) is 0 Å². The Balaban J connectivity index is 1.76. The van der Waals surface area contributed by atoms with Crippen LogP contribution >= 0.6 is 0 Å². The van der Waals surface area contributed by atoms with Crippen molar-refractivity contribution in [3.8, 4) is 0 Å². The fraction of sp³-hybridized carbons (Fsp3) is 0.647. The highest BCUT2D eigenvalue weighted by molar-refractivity contribution is 5.48. The SMILES string of the molecule is Cc1cc(C)cc(NCCN(C)C2CCCCC2)c1. The van der Waals surface area contributed by atoms with Crippen LogP contribution in [0.15, 0.2) is 18.2 Å². The van der Waals surface area contributed by atoms with E-state index in [0.29, 0.717) is 0 Å². The molecular weight excluding hydrogens is 232 g/mol. The highest BCUT2D eigenvalue weighted by Gasteiger charge is 2.17. The Morgan fingerprint density at radius 2 is 1.68 bits per heavy atom. The summed E-state index contributed by atoms with van der Waals surface area (Å²) in [6.07, 6.45) is 7.05. The number of nitrogens with one attached hydrogen (secondary N) is 1. The molecule has 106 valence electrons. The van der Waals surface area contributed by atoms with Gasteiger partial charge in [-0.05, 0) is 57.0 Å². The molecule has 0 aromatic heterocycles. The van der Waals surface area contributed by atoms with Crippen molar-refractivity contribution < 1.29 is 0 Å². The monoisotopic (exact) mass is 260 g/mol. The summed E-state index contributed by atoms with van der Waals surface area (Å²) >= 11 is 0. The molecule has 2 nitrogen and oxygen atoms in total. The summed E-state index contributed by atoms with van der Waals surface area (Å²) in [5, 5.41) is 3.55. The molecule has 1 N–H and O–H groups in total. The third-order valence-corrected chi connectivity index (χ3v) is 4.21. The molecule has 0 heterocycles. The Morgan fingerprint density at radius 1 is 1.05 bits per heavy atom. The van der Waals surface area contributed by atoms with Gasteiger partial charge >= 0.3 is 0 Å². The van der Waals surface area contributed by atoms with Gasteiger partial charge in [-0.1, -0.05) is 25.3 Å². The molecule has 19 heavy (non-hydrogen) atoms. The molecule has 0 amide bonds. The van der Waals surface area contributed by atoms with E-state index in [1.165, 1.54) is 48.9 Å². The predicted octanol–water partition coefficient (Wildman–Crippen LogP) is 3.98. The minimum absolute atomic E-state index is 0.815. The van der Waals surface area contributed by atoms with Crippen LogP contribution in [-0.4, -0.2) is 31.1 Å². The second-order valence-corrected chi connectivity index (χ2v) is 6.08. The zero-order valence-corrected chi connectivity index (χ0v) is 12.7. The molecule has 2 heteroatoms. The van der Waals surface area contributed by atoms with E-state index in [2.05, 4.69) is 49.3 Å². The number of anilines is 1. The van der Waals surface area contributed by atoms with Crippen molar-refractivity contribution in [1.29, 1.82) is 0 Å². The van der Waals surface area contributed by atoms with E-state index in [1.54, 1.807) is 0 Å². The maximum absolute atomic E-state index is 3.55. The number of rotatable bonds is 5. The van der Waals surface area contributed by atoms with Gasteiger partial charge in [0, 0.05) is 24.8 Å². The maximum Gasteiger partial charge on any atom is 0.0345 e. The summed E-state index contributed by atoms with van der Waals surface area (Å²) in [5.74, 6) is 0. The third kappa shape index (κ3) is 4.54. The van der Waals surface area contributed by atoms with Crippen LogP contribution in [0.4, 0.5) is 5.69 Å². The van der Waals surface area contributed by atoms with E-state index >= 15 is 0 Å². The molecule has 0 saturated heterocycles. The molecule has 1 aromatic carbocycles. The molecule has 1 aliphatic rings. The molecule has 2 rings (SSSR count). The van der Waals surface area contributed by atoms with Gasteiger partial charge in [0.05, 0.1) is 0 Å². The average Bonchev–Trinajstić information content (AvgIpc) is 2.38. The molecule has 1 aromatic rings. The van der Waals surface area contributed by atoms with Gasteiger partial charge in [0.25, 0.3) is 0 Å². The molecule has 1 fully saturated rings. The Bertz CT molecular complexity index is 374. The normalized spacial score (nSPS) is 16.8. The van der Waals surface area contributed by atoms with Gasteiger partial charge in [-0.3, -0.25) is 0 Å². The second-order valence-electron chi connectivity index (χ2n) is 6.08. The first kappa shape index (κ1) is 14.4. The van der Waals surface area contributed by atoms with Crippen molar-refractivity contribution >= 4 is 5.69 Å². The van der Waals surface area contributed by atoms with Crippen molar-refractivity contribution in [2.75, 3.05) is 25.5 Å². The van der Waals surface area contributed by atoms with Crippen LogP contribution in [0.5, 0.6) is 0 Å². The molecule has 0 bridgehead atoms. The Labute approximate surface area is 118 Å². The van der Waals surface area contributed by atoms with E-state index in [9.17, 15) is 0 Å². The van der Waals surface area contributed by atoms with E-state index < -0.39 is 0 Å². The highest BCUT2D eigenvalue weighted by Crippen LogP contribution is 2.21. The fourth-order valence-electron chi connectivity index (χ4n) is 3.16. The first-order valence-electron chi connectivity index (χ1n) is 7.67. The molecule has 1 aliphatic carbocycles. The van der Waals surface area contributed by atoms with E-state index in [-0.39, 0.29) is 0 Å². The van der Waals surface area contributed by atoms with Gasteiger partial charge in [-0.15, -0.1) is 0 Å². The van der Waals surface area contributed by atoms with Gasteiger partial charge in [0.1, 0.15) is 0 Å². The lowest BCUT2D eigenvalue weighted by atomic mass is 9.94. The summed E-state index contributed by atoms with van der Waals surface area (Å²) in [4.78, 5) is 2.54. The maximum atomic E-state index is 3.55. The first-order valence-corrected chi connectivity index (χ1v) is 7.67. The van der Waals surface area contributed by atoms with Crippen molar-refractivity contribution in [1.82, 2.24) is 4.90 Å². The summed E-state index contributed by atoms with van der Waals surface area (Å²) in [6.45, 7) is 6.49. The average molecular weight is 260 g/mol. The third-order valence-electron chi connectivity index (χ3n) is 4.21. The Morgan fingerprint density at radius 3 is 2.32 bits per heavy atom. The molecule has 0 unspecified atom stereocenters. The lowest BCUT2D eigenvalue weighted by molar-refractivity contribution is 0.198. The Hall–Kier alpha value is -1.02. The van der Waals surface area contributed by atoms with Crippen molar-refractivity contribution in [3.63, 3.8) is 0 Å². The second kappa shape index (κ2) is 6.95. The van der Waals surface area contributed by atoms with Crippen LogP contribution in [0, 0.1) is 13.8 Å². The van der Waals surface area contributed by atoms with Crippen molar-refractivity contribution in [3.05, 3.63) is 29.3 Å². The lowest BCUT2D eigenvalue weighted by Gasteiger charge is -2.31. The summed E-state index contributed by atoms with van der Waals surface area (Å²) in [7, 11) is 2.28. The number of hydrogen-bond acceptors (Lipinski definition) is 2. The number of benzene rings is 1. The molecule has 0 radical (unpaired) electrons. The van der Waals surface area contributed by atoms with Gasteiger partial charge in [0.15, 0.2) is 0 Å². The molecule has 0 spiro atoms. The minimum Gasteiger partial charge on any atom is -0.384 e. The first-order chi connectivity index (χ1) is 9.15. The van der Waals surface area contributed by atoms with Gasteiger partial charge in [-0.2, -0.15) is 0 Å². The van der Waals surface area contributed by atoms with Crippen LogP contribution in [0.2, 0.25) is 0 Å². The summed E-state index contributed by atoms with van der Waals surface area (Å²) < 4.78 is 0. The van der Waals surface area contributed by atoms with E-state index in [4.69, 9.17) is 0 Å². The van der Waals surface area contributed by atoms with Crippen molar-refractivity contribution in [2.45, 2.75) is 52.0 Å². The topological polar surface area (TPSA) is 15.3 Å². The lowest BCUT2D eigenvalue weighted by Crippen LogP contribution is -2.36. The van der Waals surface area contributed by atoms with Crippen LogP contribution < -0.4 is 5.32 Å². The quantitative estimate of drug-likeness (QED) is 0.861. The van der Waals surface area contributed by atoms with Crippen LogP contribution in [-0.2, 0) is 0 Å². The number of likely N-dealkylation sites (N-methyl/N-ethyl adjacent to an activating group) is 1. The zero-order valence-electron chi connectivity index (χ0n) is 12.7. The highest BCUT2D eigenvalue weighted by atomic mass is 15.1. The molecule has 0 aliphatic heterocycles. The number of nitrogens with zero attached hydrogens (tertiary/aromatic N) is 1. The van der Waals surface area contributed by atoms with E-state index in [0.717, 1.165) is 19.1 Å². The Kier molecular flexibility index (Phi) is 5.26. The van der Waals surface area contributed by atoms with Gasteiger partial charge < -0.3 is 10.2 Å². The van der Waals surface area contributed by atoms with Crippen LogP contribution in [0.3, 0.4) is 0 Å². The number of hydrogen-bond donors (Lipinski definition) is 1. The predicted molar refractivity (Wildman–Crippen MR) is 83.9 cm³/mol. The fourth-order valence-corrected chi connectivity index (χ4v) is 3.16. The molecule has 0 atom stereocenters. The van der Waals surface area contributed by atoms with Crippen LogP contribution in [0.25, 0.3) is 0 Å². The van der Waals surface area contributed by atoms with E-state index in [1.807, 2.05) is 0 Å². The van der Waals surface area contributed by atoms with Gasteiger partial charge in [0.2, 0.25) is 0 Å². The largest absolute Gasteiger partial charge is 0.384 e. The molecular formula is C17H28N2.